The Labute approximate surface area is 98.2 Å². The summed E-state index contributed by atoms with van der Waals surface area (Å²) in [4.78, 5) is 0. The second-order valence-corrected chi connectivity index (χ2v) is 4.87. The number of hydrogen-bond acceptors (Lipinski definition) is 2. The van der Waals surface area contributed by atoms with E-state index in [2.05, 4.69) is 0 Å². The van der Waals surface area contributed by atoms with Crippen LogP contribution in [-0.4, -0.2) is 5.11 Å². The first-order valence-corrected chi connectivity index (χ1v) is 6.02. The van der Waals surface area contributed by atoms with Crippen LogP contribution in [0.25, 0.3) is 0 Å². The average Bonchev–Trinajstić information content (AvgIpc) is 2.70. The van der Waals surface area contributed by atoms with Gasteiger partial charge >= 0.3 is 0 Å². The first kappa shape index (κ1) is 11.3. The Morgan fingerprint density at radius 2 is 2.19 bits per heavy atom. The zero-order valence-electron chi connectivity index (χ0n) is 8.98. The molecule has 2 rings (SSSR count). The molecular weight excluding hydrogens is 223 g/mol. The quantitative estimate of drug-likeness (QED) is 0.866. The average molecular weight is 236 g/mol. The van der Waals surface area contributed by atoms with E-state index in [0.29, 0.717) is 12.0 Å². The van der Waals surface area contributed by atoms with E-state index in [1.165, 1.54) is 12.1 Å². The standard InChI is InChI=1S/C13H13FOS/c1-13(15,8-10-5-6-16-9-10)11-3-2-4-12(14)7-11/h2-7,9,15H,8H2,1H3. The van der Waals surface area contributed by atoms with Crippen molar-refractivity contribution in [2.75, 3.05) is 0 Å². The second-order valence-electron chi connectivity index (χ2n) is 4.09. The predicted molar refractivity (Wildman–Crippen MR) is 64.0 cm³/mol. The molecule has 0 fully saturated rings. The molecule has 0 amide bonds. The van der Waals surface area contributed by atoms with Crippen LogP contribution < -0.4 is 0 Å². The third-order valence-electron chi connectivity index (χ3n) is 2.57. The fourth-order valence-corrected chi connectivity index (χ4v) is 2.38. The van der Waals surface area contributed by atoms with Crippen LogP contribution >= 0.6 is 11.3 Å². The molecule has 0 aliphatic heterocycles. The van der Waals surface area contributed by atoms with Crippen LogP contribution in [0.5, 0.6) is 0 Å². The van der Waals surface area contributed by atoms with E-state index in [1.807, 2.05) is 16.8 Å². The summed E-state index contributed by atoms with van der Waals surface area (Å²) in [6.07, 6.45) is 0.500. The Morgan fingerprint density at radius 1 is 1.38 bits per heavy atom. The van der Waals surface area contributed by atoms with Gasteiger partial charge in [0.2, 0.25) is 0 Å². The number of halogens is 1. The van der Waals surface area contributed by atoms with Gasteiger partial charge in [-0.2, -0.15) is 11.3 Å². The van der Waals surface area contributed by atoms with Gasteiger partial charge in [-0.25, -0.2) is 4.39 Å². The third kappa shape index (κ3) is 2.49. The van der Waals surface area contributed by atoms with Crippen molar-refractivity contribution in [3.8, 4) is 0 Å². The summed E-state index contributed by atoms with van der Waals surface area (Å²) in [5.74, 6) is -0.317. The van der Waals surface area contributed by atoms with Crippen LogP contribution in [0, 0.1) is 5.82 Å². The summed E-state index contributed by atoms with van der Waals surface area (Å²) >= 11 is 1.59. The second kappa shape index (κ2) is 4.36. The molecule has 84 valence electrons. The third-order valence-corrected chi connectivity index (χ3v) is 3.31. The molecule has 0 bridgehead atoms. The molecule has 0 radical (unpaired) electrons. The molecule has 1 heterocycles. The minimum absolute atomic E-state index is 0.317. The van der Waals surface area contributed by atoms with Gasteiger partial charge in [0, 0.05) is 6.42 Å². The van der Waals surface area contributed by atoms with Crippen molar-refractivity contribution in [3.63, 3.8) is 0 Å². The number of rotatable bonds is 3. The fourth-order valence-electron chi connectivity index (χ4n) is 1.72. The van der Waals surface area contributed by atoms with Gasteiger partial charge in [0.25, 0.3) is 0 Å². The van der Waals surface area contributed by atoms with Crippen molar-refractivity contribution in [2.24, 2.45) is 0 Å². The molecule has 0 saturated carbocycles. The molecule has 3 heteroatoms. The lowest BCUT2D eigenvalue weighted by atomic mass is 9.90. The van der Waals surface area contributed by atoms with Crippen LogP contribution in [0.2, 0.25) is 0 Å². The molecule has 1 atom stereocenters. The molecule has 0 spiro atoms. The molecule has 0 aliphatic carbocycles. The molecule has 2 aromatic rings. The molecule has 1 unspecified atom stereocenters. The SMILES string of the molecule is CC(O)(Cc1ccsc1)c1cccc(F)c1. The van der Waals surface area contributed by atoms with Crippen molar-refractivity contribution in [1.82, 2.24) is 0 Å². The smallest absolute Gasteiger partial charge is 0.123 e. The van der Waals surface area contributed by atoms with Crippen LogP contribution in [-0.2, 0) is 12.0 Å². The van der Waals surface area contributed by atoms with Gasteiger partial charge in [0.1, 0.15) is 5.82 Å². The highest BCUT2D eigenvalue weighted by atomic mass is 32.1. The zero-order valence-corrected chi connectivity index (χ0v) is 9.80. The van der Waals surface area contributed by atoms with Gasteiger partial charge in [-0.15, -0.1) is 0 Å². The first-order valence-electron chi connectivity index (χ1n) is 5.07. The predicted octanol–water partition coefficient (Wildman–Crippen LogP) is 3.34. The molecule has 1 nitrogen and oxygen atoms in total. The Balaban J connectivity index is 2.24. The molecule has 1 aromatic heterocycles. The summed E-state index contributed by atoms with van der Waals surface area (Å²) < 4.78 is 13.1. The highest BCUT2D eigenvalue weighted by molar-refractivity contribution is 7.07. The molecule has 1 aromatic carbocycles. The molecule has 1 N–H and O–H groups in total. The van der Waals surface area contributed by atoms with E-state index < -0.39 is 5.60 Å². The number of thiophene rings is 1. The zero-order chi connectivity index (χ0) is 11.6. The Kier molecular flexibility index (Phi) is 3.08. The van der Waals surface area contributed by atoms with Crippen LogP contribution in [0.1, 0.15) is 18.1 Å². The summed E-state index contributed by atoms with van der Waals surface area (Å²) in [6.45, 7) is 1.71. The minimum atomic E-state index is -1.02. The summed E-state index contributed by atoms with van der Waals surface area (Å²) in [5, 5.41) is 14.3. The van der Waals surface area contributed by atoms with Gasteiger partial charge in [-0.1, -0.05) is 12.1 Å². The van der Waals surface area contributed by atoms with Crippen molar-refractivity contribution in [1.29, 1.82) is 0 Å². The molecule has 0 saturated heterocycles. The van der Waals surface area contributed by atoms with E-state index in [4.69, 9.17) is 0 Å². The fraction of sp³-hybridized carbons (Fsp3) is 0.231. The minimum Gasteiger partial charge on any atom is -0.385 e. The maximum atomic E-state index is 13.1. The van der Waals surface area contributed by atoms with Crippen molar-refractivity contribution >= 4 is 11.3 Å². The van der Waals surface area contributed by atoms with Gasteiger partial charge < -0.3 is 5.11 Å². The van der Waals surface area contributed by atoms with Crippen molar-refractivity contribution in [2.45, 2.75) is 18.9 Å². The first-order chi connectivity index (χ1) is 7.58. The van der Waals surface area contributed by atoms with Crippen LogP contribution in [0.15, 0.2) is 41.1 Å². The van der Waals surface area contributed by atoms with E-state index in [9.17, 15) is 9.50 Å². The van der Waals surface area contributed by atoms with E-state index >= 15 is 0 Å². The Morgan fingerprint density at radius 3 is 2.81 bits per heavy atom. The Hall–Kier alpha value is -1.19. The largest absolute Gasteiger partial charge is 0.385 e. The van der Waals surface area contributed by atoms with Crippen molar-refractivity contribution in [3.05, 3.63) is 58.0 Å². The van der Waals surface area contributed by atoms with Gasteiger partial charge in [-0.3, -0.25) is 0 Å². The van der Waals surface area contributed by atoms with Gasteiger partial charge in [-0.05, 0) is 47.0 Å². The lowest BCUT2D eigenvalue weighted by Crippen LogP contribution is -2.24. The van der Waals surface area contributed by atoms with E-state index in [-0.39, 0.29) is 5.82 Å². The topological polar surface area (TPSA) is 20.2 Å². The van der Waals surface area contributed by atoms with Crippen LogP contribution in [0.4, 0.5) is 4.39 Å². The number of hydrogen-bond donors (Lipinski definition) is 1. The summed E-state index contributed by atoms with van der Waals surface area (Å²) in [5.41, 5.74) is 0.654. The molecule has 16 heavy (non-hydrogen) atoms. The van der Waals surface area contributed by atoms with Crippen LogP contribution in [0.3, 0.4) is 0 Å². The Bertz CT molecular complexity index is 463. The summed E-state index contributed by atoms with van der Waals surface area (Å²) in [6, 6.07) is 8.09. The maximum Gasteiger partial charge on any atom is 0.123 e. The monoisotopic (exact) mass is 236 g/mol. The number of aliphatic hydroxyl groups is 1. The van der Waals surface area contributed by atoms with E-state index in [0.717, 1.165) is 5.56 Å². The lowest BCUT2D eigenvalue weighted by molar-refractivity contribution is 0.0574. The molecule has 0 aliphatic rings. The summed E-state index contributed by atoms with van der Waals surface area (Å²) in [7, 11) is 0. The maximum absolute atomic E-state index is 13.1. The van der Waals surface area contributed by atoms with Gasteiger partial charge in [0.15, 0.2) is 0 Å². The van der Waals surface area contributed by atoms with E-state index in [1.54, 1.807) is 30.4 Å². The normalized spacial score (nSPS) is 14.7. The molecular formula is C13H13FOS. The van der Waals surface area contributed by atoms with Gasteiger partial charge in [0.05, 0.1) is 5.60 Å². The highest BCUT2D eigenvalue weighted by Crippen LogP contribution is 2.26. The van der Waals surface area contributed by atoms with Crippen molar-refractivity contribution < 1.29 is 9.50 Å². The highest BCUT2D eigenvalue weighted by Gasteiger charge is 2.23. The lowest BCUT2D eigenvalue weighted by Gasteiger charge is -2.23. The number of benzene rings is 1.